The average Bonchev–Trinajstić information content (AvgIpc) is 2.47. The minimum absolute atomic E-state index is 0.0616. The highest BCUT2D eigenvalue weighted by atomic mass is 35.5. The molecule has 0 aliphatic heterocycles. The van der Waals surface area contributed by atoms with E-state index in [2.05, 4.69) is 16.9 Å². The van der Waals surface area contributed by atoms with Gasteiger partial charge in [0.1, 0.15) is 0 Å². The van der Waals surface area contributed by atoms with Crippen molar-refractivity contribution in [1.29, 1.82) is 0 Å². The molecule has 1 N–H and O–H groups in total. The Labute approximate surface area is 143 Å². The fraction of sp³-hybridized carbons (Fsp3) is 0.125. The number of carbonyl (C=O) groups excluding carboxylic acids is 1. The van der Waals surface area contributed by atoms with E-state index in [1.54, 1.807) is 0 Å². The Morgan fingerprint density at radius 3 is 2.48 bits per heavy atom. The number of hydrogen-bond donors (Lipinski definition) is 1. The number of ketones is 1. The minimum Gasteiger partial charge on any atom is -0.435 e. The van der Waals surface area contributed by atoms with Crippen molar-refractivity contribution in [3.63, 3.8) is 0 Å². The lowest BCUT2D eigenvalue weighted by molar-refractivity contribution is 0.0985. The van der Waals surface area contributed by atoms with Crippen LogP contribution in [-0.2, 0) is 0 Å². The first kappa shape index (κ1) is 19.1. The summed E-state index contributed by atoms with van der Waals surface area (Å²) >= 11 is 11.7. The predicted molar refractivity (Wildman–Crippen MR) is 89.7 cm³/mol. The predicted octanol–water partition coefficient (Wildman–Crippen LogP) is 4.14. The summed E-state index contributed by atoms with van der Waals surface area (Å²) in [6.07, 6.45) is 0. The van der Waals surface area contributed by atoms with Crippen molar-refractivity contribution in [2.45, 2.75) is 0 Å². The van der Waals surface area contributed by atoms with Crippen molar-refractivity contribution in [3.8, 4) is 5.88 Å². The van der Waals surface area contributed by atoms with Gasteiger partial charge >= 0.3 is 0 Å². The lowest BCUT2D eigenvalue weighted by Gasteiger charge is -2.08. The third kappa shape index (κ3) is 5.98. The number of ether oxygens (including phenoxy) is 1. The van der Waals surface area contributed by atoms with Gasteiger partial charge in [0, 0.05) is 16.7 Å². The van der Waals surface area contributed by atoms with E-state index in [0.29, 0.717) is 5.02 Å². The molecule has 2 aromatic rings. The van der Waals surface area contributed by atoms with Crippen LogP contribution < -0.4 is 10.1 Å². The van der Waals surface area contributed by atoms with Gasteiger partial charge in [0.2, 0.25) is 17.6 Å². The first-order valence-corrected chi connectivity index (χ1v) is 7.22. The Morgan fingerprint density at radius 2 is 1.91 bits per heavy atom. The molecule has 0 aliphatic carbocycles. The number of rotatable bonds is 4. The topological polar surface area (TPSA) is 51.2 Å². The molecular weight excluding hydrogens is 342 g/mol. The Balaban J connectivity index is 0.000000816. The van der Waals surface area contributed by atoms with Crippen LogP contribution in [0.15, 0.2) is 48.7 Å². The molecule has 2 rings (SSSR count). The van der Waals surface area contributed by atoms with E-state index in [1.807, 2.05) is 14.1 Å². The summed E-state index contributed by atoms with van der Waals surface area (Å²) in [6.45, 7) is 3.49. The van der Waals surface area contributed by atoms with E-state index in [-0.39, 0.29) is 22.2 Å². The maximum Gasteiger partial charge on any atom is 0.229 e. The Kier molecular flexibility index (Phi) is 7.68. The van der Waals surface area contributed by atoms with Crippen molar-refractivity contribution < 1.29 is 13.9 Å². The zero-order valence-electron chi connectivity index (χ0n) is 12.6. The molecule has 4 nitrogen and oxygen atoms in total. The first-order valence-electron chi connectivity index (χ1n) is 6.46. The zero-order valence-corrected chi connectivity index (χ0v) is 14.1. The third-order valence-corrected chi connectivity index (χ3v) is 2.89. The SMILES string of the molecule is C=C(Oc1cccc(F)n1)C(=O)c1ccc(Cl)cc1Cl.CNC. The second-order valence-corrected chi connectivity index (χ2v) is 5.12. The fourth-order valence-electron chi connectivity index (χ4n) is 1.44. The molecule has 0 aliphatic rings. The van der Waals surface area contributed by atoms with Crippen LogP contribution >= 0.6 is 23.2 Å². The molecule has 1 aromatic heterocycles. The van der Waals surface area contributed by atoms with Crippen LogP contribution in [0, 0.1) is 5.95 Å². The number of halogens is 3. The highest BCUT2D eigenvalue weighted by molar-refractivity contribution is 6.37. The Bertz CT molecular complexity index is 708. The fourth-order valence-corrected chi connectivity index (χ4v) is 1.94. The van der Waals surface area contributed by atoms with Gasteiger partial charge in [-0.15, -0.1) is 0 Å². The summed E-state index contributed by atoms with van der Waals surface area (Å²) in [4.78, 5) is 15.6. The lowest BCUT2D eigenvalue weighted by atomic mass is 10.1. The smallest absolute Gasteiger partial charge is 0.229 e. The minimum atomic E-state index is -0.715. The summed E-state index contributed by atoms with van der Waals surface area (Å²) in [5.41, 5.74) is 0.192. The molecule has 0 bridgehead atoms. The van der Waals surface area contributed by atoms with Crippen molar-refractivity contribution in [3.05, 3.63) is 70.3 Å². The van der Waals surface area contributed by atoms with E-state index in [1.165, 1.54) is 30.3 Å². The lowest BCUT2D eigenvalue weighted by Crippen LogP contribution is -2.09. The van der Waals surface area contributed by atoms with Crippen molar-refractivity contribution in [1.82, 2.24) is 10.3 Å². The number of hydrogen-bond acceptors (Lipinski definition) is 4. The number of nitrogens with one attached hydrogen (secondary N) is 1. The summed E-state index contributed by atoms with van der Waals surface area (Å²) in [5.74, 6) is -1.52. The van der Waals surface area contributed by atoms with E-state index >= 15 is 0 Å². The number of benzene rings is 1. The third-order valence-electron chi connectivity index (χ3n) is 2.35. The highest BCUT2D eigenvalue weighted by Gasteiger charge is 2.16. The second kappa shape index (κ2) is 9.25. The zero-order chi connectivity index (χ0) is 17.4. The van der Waals surface area contributed by atoms with Crippen LogP contribution in [0.25, 0.3) is 0 Å². The molecule has 1 aromatic carbocycles. The number of Topliss-reactive ketones (excluding diaryl/α,β-unsaturated/α-hetero) is 1. The first-order chi connectivity index (χ1) is 10.9. The van der Waals surface area contributed by atoms with Gasteiger partial charge in [-0.3, -0.25) is 4.79 Å². The van der Waals surface area contributed by atoms with Crippen LogP contribution in [0.2, 0.25) is 10.0 Å². The highest BCUT2D eigenvalue weighted by Crippen LogP contribution is 2.23. The van der Waals surface area contributed by atoms with Gasteiger partial charge in [-0.05, 0) is 38.4 Å². The van der Waals surface area contributed by atoms with Gasteiger partial charge in [0.25, 0.3) is 0 Å². The van der Waals surface area contributed by atoms with Crippen LogP contribution in [-0.4, -0.2) is 24.9 Å². The Morgan fingerprint density at radius 1 is 1.26 bits per heavy atom. The molecule has 0 saturated heterocycles. The molecule has 0 amide bonds. The van der Waals surface area contributed by atoms with Gasteiger partial charge in [-0.1, -0.05) is 35.8 Å². The van der Waals surface area contributed by atoms with E-state index < -0.39 is 11.7 Å². The number of pyridine rings is 1. The van der Waals surface area contributed by atoms with Gasteiger partial charge in [-0.2, -0.15) is 9.37 Å². The van der Waals surface area contributed by atoms with Gasteiger partial charge in [-0.25, -0.2) is 0 Å². The molecule has 1 heterocycles. The monoisotopic (exact) mass is 356 g/mol. The van der Waals surface area contributed by atoms with Crippen LogP contribution in [0.5, 0.6) is 5.88 Å². The molecular formula is C16H15Cl2FN2O2. The second-order valence-electron chi connectivity index (χ2n) is 4.28. The molecule has 23 heavy (non-hydrogen) atoms. The van der Waals surface area contributed by atoms with Crippen LogP contribution in [0.3, 0.4) is 0 Å². The van der Waals surface area contributed by atoms with E-state index in [9.17, 15) is 9.18 Å². The van der Waals surface area contributed by atoms with Crippen LogP contribution in [0.1, 0.15) is 10.4 Å². The summed E-state index contributed by atoms with van der Waals surface area (Å²) in [7, 11) is 3.75. The molecule has 7 heteroatoms. The van der Waals surface area contributed by atoms with Crippen molar-refractivity contribution in [2.24, 2.45) is 0 Å². The molecule has 0 unspecified atom stereocenters. The molecule has 0 saturated carbocycles. The summed E-state index contributed by atoms with van der Waals surface area (Å²) in [5, 5.41) is 3.34. The summed E-state index contributed by atoms with van der Waals surface area (Å²) in [6, 6.07) is 8.39. The maximum absolute atomic E-state index is 12.9. The average molecular weight is 357 g/mol. The van der Waals surface area contributed by atoms with Gasteiger partial charge in [0.05, 0.1) is 5.02 Å². The molecule has 0 radical (unpaired) electrons. The van der Waals surface area contributed by atoms with Gasteiger partial charge in [0.15, 0.2) is 5.76 Å². The molecule has 0 fully saturated rings. The standard InChI is InChI=1S/C14H8Cl2FNO2.C2H7N/c1-8(20-13-4-2-3-12(17)18-13)14(19)10-6-5-9(15)7-11(10)16;1-3-2/h2-7H,1H2;3H,1-2H3. The van der Waals surface area contributed by atoms with Crippen LogP contribution in [0.4, 0.5) is 4.39 Å². The van der Waals surface area contributed by atoms with Crippen molar-refractivity contribution in [2.75, 3.05) is 14.1 Å². The van der Waals surface area contributed by atoms with E-state index in [0.717, 1.165) is 6.07 Å². The molecule has 122 valence electrons. The number of allylic oxidation sites excluding steroid dienone is 1. The normalized spacial score (nSPS) is 9.61. The number of aromatic nitrogens is 1. The molecule has 0 atom stereocenters. The summed E-state index contributed by atoms with van der Waals surface area (Å²) < 4.78 is 18.0. The maximum atomic E-state index is 12.9. The molecule has 0 spiro atoms. The number of carbonyl (C=O) groups is 1. The van der Waals surface area contributed by atoms with E-state index in [4.69, 9.17) is 27.9 Å². The Hall–Kier alpha value is -1.95. The van der Waals surface area contributed by atoms with Crippen molar-refractivity contribution >= 4 is 29.0 Å². The van der Waals surface area contributed by atoms with Gasteiger partial charge < -0.3 is 10.1 Å². The number of nitrogens with zero attached hydrogens (tertiary/aromatic N) is 1. The largest absolute Gasteiger partial charge is 0.435 e. The quantitative estimate of drug-likeness (QED) is 0.387.